The van der Waals surface area contributed by atoms with E-state index in [1.165, 1.54) is 0 Å². The normalized spacial score (nSPS) is 15.2. The average molecular weight is 282 g/mol. The minimum atomic E-state index is -0.0830. The average Bonchev–Trinajstić information content (AvgIpc) is 2.33. The van der Waals surface area contributed by atoms with E-state index in [2.05, 4.69) is 15.9 Å². The number of rotatable bonds is 2. The van der Waals surface area contributed by atoms with Crippen molar-refractivity contribution < 1.29 is 9.53 Å². The molecule has 1 heterocycles. The van der Waals surface area contributed by atoms with Gasteiger partial charge in [0, 0.05) is 15.7 Å². The van der Waals surface area contributed by atoms with E-state index in [4.69, 9.17) is 10.5 Å². The fraction of sp³-hybridized carbons (Fsp3) is 0.250. The second-order valence-electron chi connectivity index (χ2n) is 3.62. The molecule has 1 aliphatic rings. The van der Waals surface area contributed by atoms with Crippen molar-refractivity contribution in [3.05, 3.63) is 40.1 Å². The van der Waals surface area contributed by atoms with Crippen LogP contribution in [0.4, 0.5) is 5.69 Å². The van der Waals surface area contributed by atoms with Crippen molar-refractivity contribution in [1.29, 1.82) is 0 Å². The molecule has 16 heavy (non-hydrogen) atoms. The zero-order valence-electron chi connectivity index (χ0n) is 8.70. The zero-order chi connectivity index (χ0) is 11.5. The van der Waals surface area contributed by atoms with Gasteiger partial charge in [0.05, 0.1) is 6.61 Å². The second-order valence-corrected chi connectivity index (χ2v) is 4.48. The molecule has 0 atom stereocenters. The number of hydrogen-bond acceptors (Lipinski definition) is 3. The molecule has 1 aromatic rings. The fourth-order valence-electron chi connectivity index (χ4n) is 1.53. The Bertz CT molecular complexity index is 454. The molecule has 2 rings (SSSR count). The van der Waals surface area contributed by atoms with Crippen LogP contribution in [0.3, 0.4) is 0 Å². The summed E-state index contributed by atoms with van der Waals surface area (Å²) in [5.74, 6) is 0.364. The van der Waals surface area contributed by atoms with E-state index in [0.29, 0.717) is 23.6 Å². The van der Waals surface area contributed by atoms with Crippen LogP contribution >= 0.6 is 15.9 Å². The maximum Gasteiger partial charge on any atom is 0.227 e. The third-order valence-corrected chi connectivity index (χ3v) is 3.11. The molecule has 0 amide bonds. The molecule has 0 aliphatic carbocycles. The van der Waals surface area contributed by atoms with Crippen LogP contribution in [-0.4, -0.2) is 12.4 Å². The van der Waals surface area contributed by atoms with Gasteiger partial charge in [0.1, 0.15) is 0 Å². The molecular weight excluding hydrogens is 270 g/mol. The number of nitrogens with two attached hydrogens (primary N) is 1. The topological polar surface area (TPSA) is 52.3 Å². The summed E-state index contributed by atoms with van der Waals surface area (Å²) >= 11 is 3.30. The number of allylic oxidation sites excluding steroid dienone is 2. The Balaban J connectivity index is 2.26. The molecule has 0 unspecified atom stereocenters. The lowest BCUT2D eigenvalue weighted by molar-refractivity contribution is 0.0899. The van der Waals surface area contributed by atoms with Crippen molar-refractivity contribution in [3.63, 3.8) is 0 Å². The molecule has 2 N–H and O–H groups in total. The number of anilines is 1. The van der Waals surface area contributed by atoms with Crippen LogP contribution in [0.25, 0.3) is 0 Å². The van der Waals surface area contributed by atoms with Gasteiger partial charge in [-0.1, -0.05) is 0 Å². The van der Waals surface area contributed by atoms with Crippen molar-refractivity contribution in [2.45, 2.75) is 12.8 Å². The number of ether oxygens (including phenoxy) is 1. The largest absolute Gasteiger partial charge is 0.490 e. The first kappa shape index (κ1) is 11.2. The fourth-order valence-corrected chi connectivity index (χ4v) is 1.91. The zero-order valence-corrected chi connectivity index (χ0v) is 10.3. The lowest BCUT2D eigenvalue weighted by atomic mass is 10.1. The van der Waals surface area contributed by atoms with Gasteiger partial charge in [0.2, 0.25) is 5.78 Å². The Morgan fingerprint density at radius 3 is 2.88 bits per heavy atom. The highest BCUT2D eigenvalue weighted by atomic mass is 79.9. The predicted molar refractivity (Wildman–Crippen MR) is 66.2 cm³/mol. The summed E-state index contributed by atoms with van der Waals surface area (Å²) in [6.45, 7) is 0.619. The van der Waals surface area contributed by atoms with Crippen LogP contribution in [-0.2, 0) is 4.74 Å². The van der Waals surface area contributed by atoms with Gasteiger partial charge < -0.3 is 10.5 Å². The summed E-state index contributed by atoms with van der Waals surface area (Å²) < 4.78 is 6.06. The Hall–Kier alpha value is -1.29. The van der Waals surface area contributed by atoms with Gasteiger partial charge >= 0.3 is 0 Å². The predicted octanol–water partition coefficient (Wildman–Crippen LogP) is 2.91. The summed E-state index contributed by atoms with van der Waals surface area (Å²) in [7, 11) is 0. The van der Waals surface area contributed by atoms with Gasteiger partial charge in [-0.05, 0) is 53.0 Å². The van der Waals surface area contributed by atoms with Crippen LogP contribution in [0.15, 0.2) is 34.5 Å². The SMILES string of the molecule is Nc1ccc(C(=O)C2=CCCCO2)cc1Br. The Morgan fingerprint density at radius 2 is 2.25 bits per heavy atom. The quantitative estimate of drug-likeness (QED) is 0.670. The highest BCUT2D eigenvalue weighted by molar-refractivity contribution is 9.10. The Morgan fingerprint density at radius 1 is 1.44 bits per heavy atom. The lowest BCUT2D eigenvalue weighted by Gasteiger charge is -2.13. The Labute approximate surface area is 102 Å². The van der Waals surface area contributed by atoms with Gasteiger partial charge in [-0.2, -0.15) is 0 Å². The summed E-state index contributed by atoms with van der Waals surface area (Å²) in [4.78, 5) is 12.0. The van der Waals surface area contributed by atoms with Crippen LogP contribution in [0.2, 0.25) is 0 Å². The molecule has 0 bridgehead atoms. The van der Waals surface area contributed by atoms with Gasteiger partial charge in [-0.3, -0.25) is 4.79 Å². The molecule has 84 valence electrons. The van der Waals surface area contributed by atoms with Crippen molar-refractivity contribution in [1.82, 2.24) is 0 Å². The van der Waals surface area contributed by atoms with Gasteiger partial charge in [-0.15, -0.1) is 0 Å². The van der Waals surface area contributed by atoms with Crippen molar-refractivity contribution in [2.75, 3.05) is 12.3 Å². The number of halogens is 1. The molecule has 3 nitrogen and oxygen atoms in total. The van der Waals surface area contributed by atoms with Crippen LogP contribution in [0.1, 0.15) is 23.2 Å². The van der Waals surface area contributed by atoms with E-state index in [0.717, 1.165) is 17.3 Å². The van der Waals surface area contributed by atoms with Crippen molar-refractivity contribution in [3.8, 4) is 0 Å². The molecule has 4 heteroatoms. The van der Waals surface area contributed by atoms with Crippen molar-refractivity contribution >= 4 is 27.4 Å². The van der Waals surface area contributed by atoms with Gasteiger partial charge in [0.25, 0.3) is 0 Å². The molecule has 0 radical (unpaired) electrons. The van der Waals surface area contributed by atoms with E-state index in [1.807, 2.05) is 6.08 Å². The third kappa shape index (κ3) is 2.27. The van der Waals surface area contributed by atoms with E-state index < -0.39 is 0 Å². The first-order chi connectivity index (χ1) is 7.68. The molecule has 1 aromatic carbocycles. The van der Waals surface area contributed by atoms with E-state index in [-0.39, 0.29) is 5.78 Å². The number of Topliss-reactive ketones (excluding diaryl/α,β-unsaturated/α-hetero) is 1. The van der Waals surface area contributed by atoms with Crippen LogP contribution in [0, 0.1) is 0 Å². The highest BCUT2D eigenvalue weighted by Crippen LogP contribution is 2.23. The first-order valence-corrected chi connectivity index (χ1v) is 5.90. The molecule has 0 saturated carbocycles. The van der Waals surface area contributed by atoms with Gasteiger partial charge in [0.15, 0.2) is 5.76 Å². The van der Waals surface area contributed by atoms with E-state index in [1.54, 1.807) is 18.2 Å². The number of carbonyl (C=O) groups is 1. The minimum Gasteiger partial charge on any atom is -0.490 e. The standard InChI is InChI=1S/C12H12BrNO2/c13-9-7-8(4-5-10(9)14)12(15)11-3-1-2-6-16-11/h3-5,7H,1-2,6,14H2. The monoisotopic (exact) mass is 281 g/mol. The van der Waals surface area contributed by atoms with Crippen LogP contribution < -0.4 is 5.73 Å². The van der Waals surface area contributed by atoms with E-state index in [9.17, 15) is 4.79 Å². The molecule has 0 aromatic heterocycles. The number of carbonyl (C=O) groups excluding carboxylic acids is 1. The molecule has 0 spiro atoms. The summed E-state index contributed by atoms with van der Waals surface area (Å²) in [6, 6.07) is 5.14. The summed E-state index contributed by atoms with van der Waals surface area (Å²) in [5, 5.41) is 0. The number of hydrogen-bond donors (Lipinski definition) is 1. The van der Waals surface area contributed by atoms with E-state index >= 15 is 0 Å². The lowest BCUT2D eigenvalue weighted by Crippen LogP contribution is -2.11. The molecule has 0 fully saturated rings. The number of nitrogen functional groups attached to an aromatic ring is 1. The van der Waals surface area contributed by atoms with Crippen LogP contribution in [0.5, 0.6) is 0 Å². The third-order valence-electron chi connectivity index (χ3n) is 2.42. The highest BCUT2D eigenvalue weighted by Gasteiger charge is 2.16. The maximum atomic E-state index is 12.0. The van der Waals surface area contributed by atoms with Gasteiger partial charge in [-0.25, -0.2) is 0 Å². The Kier molecular flexibility index (Phi) is 3.29. The number of ketones is 1. The smallest absolute Gasteiger partial charge is 0.227 e. The molecule has 0 saturated heterocycles. The maximum absolute atomic E-state index is 12.0. The molecule has 1 aliphatic heterocycles. The van der Waals surface area contributed by atoms with Crippen molar-refractivity contribution in [2.24, 2.45) is 0 Å². The summed E-state index contributed by atoms with van der Waals surface area (Å²) in [5.41, 5.74) is 6.88. The summed E-state index contributed by atoms with van der Waals surface area (Å²) in [6.07, 6.45) is 3.72. The second kappa shape index (κ2) is 4.70. The molecular formula is C12H12BrNO2. The first-order valence-electron chi connectivity index (χ1n) is 5.11. The minimum absolute atomic E-state index is 0.0830. The number of benzene rings is 1.